The van der Waals surface area contributed by atoms with E-state index in [4.69, 9.17) is 9.84 Å². The quantitative estimate of drug-likeness (QED) is 0.456. The van der Waals surface area contributed by atoms with Crippen LogP contribution < -0.4 is 10.6 Å². The maximum Gasteiger partial charge on any atom is 0.328 e. The van der Waals surface area contributed by atoms with Gasteiger partial charge in [0.2, 0.25) is 11.8 Å². The highest BCUT2D eigenvalue weighted by molar-refractivity contribution is 5.94. The van der Waals surface area contributed by atoms with E-state index in [-0.39, 0.29) is 12.8 Å². The molecule has 2 atom stereocenters. The fourth-order valence-corrected chi connectivity index (χ4v) is 3.07. The monoisotopic (exact) mass is 466 g/mol. The summed E-state index contributed by atoms with van der Waals surface area (Å²) in [5.74, 6) is -3.39. The summed E-state index contributed by atoms with van der Waals surface area (Å²) in [4.78, 5) is 49.7. The zero-order valence-corrected chi connectivity index (χ0v) is 20.3. The average Bonchev–Trinajstić information content (AvgIpc) is 2.67. The number of hydrogen-bond donors (Lipinski definition) is 3. The number of ether oxygens (including phenoxy) is 1. The van der Waals surface area contributed by atoms with E-state index in [9.17, 15) is 23.6 Å². The summed E-state index contributed by atoms with van der Waals surface area (Å²) in [5.41, 5.74) is -1.25. The van der Waals surface area contributed by atoms with E-state index in [2.05, 4.69) is 10.6 Å². The van der Waals surface area contributed by atoms with Gasteiger partial charge in [0.1, 0.15) is 17.9 Å². The van der Waals surface area contributed by atoms with E-state index >= 15 is 0 Å². The molecule has 0 saturated heterocycles. The number of carboxylic acids is 1. The van der Waals surface area contributed by atoms with Gasteiger partial charge in [-0.25, -0.2) is 9.18 Å². The highest BCUT2D eigenvalue weighted by Crippen LogP contribution is 2.26. The van der Waals surface area contributed by atoms with Crippen molar-refractivity contribution in [2.24, 2.45) is 5.41 Å². The molecule has 33 heavy (non-hydrogen) atoms. The molecular formula is C24H35FN2O6. The molecule has 2 amide bonds. The van der Waals surface area contributed by atoms with Crippen LogP contribution in [-0.4, -0.2) is 47.0 Å². The molecule has 0 aromatic heterocycles. The van der Waals surface area contributed by atoms with Gasteiger partial charge in [0.05, 0.1) is 11.5 Å². The molecule has 184 valence electrons. The molecule has 0 aliphatic carbocycles. The van der Waals surface area contributed by atoms with Gasteiger partial charge >= 0.3 is 11.9 Å². The van der Waals surface area contributed by atoms with Crippen molar-refractivity contribution in [2.45, 2.75) is 84.9 Å². The molecule has 1 aromatic rings. The van der Waals surface area contributed by atoms with Gasteiger partial charge < -0.3 is 20.5 Å². The smallest absolute Gasteiger partial charge is 0.328 e. The minimum absolute atomic E-state index is 0.154. The van der Waals surface area contributed by atoms with Gasteiger partial charge in [0, 0.05) is 6.42 Å². The Morgan fingerprint density at radius 3 is 2.00 bits per heavy atom. The lowest BCUT2D eigenvalue weighted by atomic mass is 9.81. The number of aliphatic carboxylic acids is 1. The summed E-state index contributed by atoms with van der Waals surface area (Å²) >= 11 is 0. The highest BCUT2D eigenvalue weighted by Gasteiger charge is 2.39. The number of benzene rings is 1. The molecule has 0 aliphatic rings. The number of nitrogens with one attached hydrogen (secondary N) is 2. The average molecular weight is 467 g/mol. The molecule has 1 unspecified atom stereocenters. The van der Waals surface area contributed by atoms with Crippen molar-refractivity contribution < 1.29 is 33.4 Å². The van der Waals surface area contributed by atoms with Crippen LogP contribution in [0, 0.1) is 11.2 Å². The number of amides is 2. The highest BCUT2D eigenvalue weighted by atomic mass is 19.1. The van der Waals surface area contributed by atoms with E-state index < -0.39 is 58.6 Å². The fraction of sp³-hybridized carbons (Fsp3) is 0.583. The second-order valence-corrected chi connectivity index (χ2v) is 9.88. The van der Waals surface area contributed by atoms with E-state index in [1.165, 1.54) is 24.3 Å². The topological polar surface area (TPSA) is 122 Å². The normalized spacial score (nSPS) is 13.7. The molecule has 0 fully saturated rings. The first-order valence-electron chi connectivity index (χ1n) is 10.9. The molecule has 3 N–H and O–H groups in total. The fourth-order valence-electron chi connectivity index (χ4n) is 3.07. The number of carboxylic acid groups (broad SMARTS) is 1. The van der Waals surface area contributed by atoms with Crippen LogP contribution in [0.25, 0.3) is 0 Å². The molecule has 8 nitrogen and oxygen atoms in total. The van der Waals surface area contributed by atoms with Crippen molar-refractivity contribution in [1.82, 2.24) is 10.6 Å². The first-order valence-corrected chi connectivity index (χ1v) is 10.9. The predicted molar refractivity (Wildman–Crippen MR) is 121 cm³/mol. The van der Waals surface area contributed by atoms with Crippen molar-refractivity contribution in [2.75, 3.05) is 0 Å². The number of esters is 1. The molecule has 0 bridgehead atoms. The summed E-state index contributed by atoms with van der Waals surface area (Å²) in [5, 5.41) is 14.3. The zero-order valence-electron chi connectivity index (χ0n) is 20.3. The van der Waals surface area contributed by atoms with Gasteiger partial charge in [-0.15, -0.1) is 0 Å². The number of halogens is 1. The minimum Gasteiger partial charge on any atom is -0.481 e. The number of hydrogen-bond acceptors (Lipinski definition) is 5. The van der Waals surface area contributed by atoms with E-state index in [0.717, 1.165) is 0 Å². The predicted octanol–water partition coefficient (Wildman–Crippen LogP) is 2.94. The van der Waals surface area contributed by atoms with E-state index in [0.29, 0.717) is 5.56 Å². The number of rotatable bonds is 10. The van der Waals surface area contributed by atoms with Crippen molar-refractivity contribution in [3.63, 3.8) is 0 Å². The Bertz CT molecular complexity index is 859. The molecule has 0 heterocycles. The first-order chi connectivity index (χ1) is 15.1. The lowest BCUT2D eigenvalue weighted by Gasteiger charge is -2.34. The van der Waals surface area contributed by atoms with Crippen LogP contribution >= 0.6 is 0 Å². The lowest BCUT2D eigenvalue weighted by Crippen LogP contribution is -2.59. The van der Waals surface area contributed by atoms with Gasteiger partial charge in [-0.3, -0.25) is 14.4 Å². The molecule has 0 radical (unpaired) electrons. The maximum absolute atomic E-state index is 13.3. The minimum atomic E-state index is -1.18. The van der Waals surface area contributed by atoms with Crippen LogP contribution in [0.3, 0.4) is 0 Å². The summed E-state index contributed by atoms with van der Waals surface area (Å²) in [7, 11) is 0. The second kappa shape index (κ2) is 11.2. The van der Waals surface area contributed by atoms with Crippen molar-refractivity contribution in [3.8, 4) is 0 Å². The van der Waals surface area contributed by atoms with Crippen LogP contribution in [0.2, 0.25) is 0 Å². The number of carbonyl (C=O) groups excluding carboxylic acids is 3. The van der Waals surface area contributed by atoms with Gasteiger partial charge in [-0.2, -0.15) is 0 Å². The Hall–Kier alpha value is -2.97. The second-order valence-electron chi connectivity index (χ2n) is 9.88. The van der Waals surface area contributed by atoms with E-state index in [1.54, 1.807) is 48.5 Å². The van der Waals surface area contributed by atoms with Gasteiger partial charge in [-0.05, 0) is 57.2 Å². The largest absolute Gasteiger partial charge is 0.481 e. The number of carbonyl (C=O) groups is 4. The Labute approximate surface area is 194 Å². The zero-order chi connectivity index (χ0) is 25.6. The molecule has 9 heteroatoms. The van der Waals surface area contributed by atoms with Crippen LogP contribution in [0.4, 0.5) is 4.39 Å². The maximum atomic E-state index is 13.3. The molecule has 1 rings (SSSR count). The van der Waals surface area contributed by atoms with Crippen molar-refractivity contribution >= 4 is 23.8 Å². The molecule has 0 aliphatic heterocycles. The lowest BCUT2D eigenvalue weighted by molar-refractivity contribution is -0.152. The molecule has 0 saturated carbocycles. The van der Waals surface area contributed by atoms with Crippen LogP contribution in [0.15, 0.2) is 24.3 Å². The standard InChI is InChI=1S/C24H35FN2O6/c1-14(2)33-21(31)17(12-13-18(28)29)26-20(30)19(23(3,4)5)27-22(32)24(6,7)15-8-10-16(25)11-9-15/h8-11,14,17,19H,12-13H2,1-7H3,(H,26,30)(H,27,32)(H,28,29)/t17?,19-/m1/s1. The van der Waals surface area contributed by atoms with Crippen LogP contribution in [0.5, 0.6) is 0 Å². The van der Waals surface area contributed by atoms with Crippen molar-refractivity contribution in [1.29, 1.82) is 0 Å². The Morgan fingerprint density at radius 2 is 1.55 bits per heavy atom. The summed E-state index contributed by atoms with van der Waals surface area (Å²) < 4.78 is 18.4. The third-order valence-corrected chi connectivity index (χ3v) is 5.14. The third kappa shape index (κ3) is 8.47. The Kier molecular flexibility index (Phi) is 9.57. The van der Waals surface area contributed by atoms with Crippen LogP contribution in [0.1, 0.15) is 66.9 Å². The SMILES string of the molecule is CC(C)OC(=O)C(CCC(=O)O)NC(=O)[C@@H](NC(=O)C(C)(C)c1ccc(F)cc1)C(C)(C)C. The van der Waals surface area contributed by atoms with Gasteiger partial charge in [0.15, 0.2) is 0 Å². The van der Waals surface area contributed by atoms with Gasteiger partial charge in [0.25, 0.3) is 0 Å². The van der Waals surface area contributed by atoms with E-state index in [1.807, 2.05) is 0 Å². The molecule has 0 spiro atoms. The Balaban J connectivity index is 3.11. The summed E-state index contributed by atoms with van der Waals surface area (Å²) in [6, 6.07) is 3.31. The molecule has 1 aromatic carbocycles. The first kappa shape index (κ1) is 28.1. The summed E-state index contributed by atoms with van der Waals surface area (Å²) in [6.07, 6.45) is -0.947. The molecular weight excluding hydrogens is 431 g/mol. The van der Waals surface area contributed by atoms with Crippen molar-refractivity contribution in [3.05, 3.63) is 35.6 Å². The van der Waals surface area contributed by atoms with Crippen LogP contribution in [-0.2, 0) is 29.3 Å². The summed E-state index contributed by atoms with van der Waals surface area (Å²) in [6.45, 7) is 11.8. The van der Waals surface area contributed by atoms with Gasteiger partial charge in [-0.1, -0.05) is 32.9 Å². The third-order valence-electron chi connectivity index (χ3n) is 5.14. The Morgan fingerprint density at radius 1 is 1.00 bits per heavy atom.